The predicted octanol–water partition coefficient (Wildman–Crippen LogP) is 6.34. The van der Waals surface area contributed by atoms with E-state index >= 15 is 0 Å². The molecule has 0 saturated carbocycles. The van der Waals surface area contributed by atoms with E-state index in [0.717, 1.165) is 16.8 Å². The molecule has 0 aliphatic heterocycles. The third-order valence-corrected chi connectivity index (χ3v) is 4.93. The minimum absolute atomic E-state index is 0.0981. The van der Waals surface area contributed by atoms with Crippen molar-refractivity contribution in [1.82, 2.24) is 0 Å². The lowest BCUT2D eigenvalue weighted by molar-refractivity contribution is 0.104. The van der Waals surface area contributed by atoms with Crippen LogP contribution < -0.4 is 19.5 Å². The summed E-state index contributed by atoms with van der Waals surface area (Å²) in [5.41, 5.74) is 3.39. The molecule has 0 aliphatic carbocycles. The van der Waals surface area contributed by atoms with Crippen LogP contribution in [0.25, 0.3) is 12.2 Å². The van der Waals surface area contributed by atoms with Crippen molar-refractivity contribution >= 4 is 35.2 Å². The highest BCUT2D eigenvalue weighted by molar-refractivity contribution is 6.30. The van der Waals surface area contributed by atoms with Crippen molar-refractivity contribution in [2.75, 3.05) is 26.6 Å². The van der Waals surface area contributed by atoms with E-state index in [-0.39, 0.29) is 5.78 Å². The van der Waals surface area contributed by atoms with E-state index in [1.165, 1.54) is 6.08 Å². The second-order valence-electron chi connectivity index (χ2n) is 6.76. The summed E-state index contributed by atoms with van der Waals surface area (Å²) >= 11 is 5.85. The van der Waals surface area contributed by atoms with E-state index in [2.05, 4.69) is 5.32 Å². The Labute approximate surface area is 192 Å². The topological polar surface area (TPSA) is 56.8 Å². The molecule has 0 heterocycles. The van der Waals surface area contributed by atoms with Crippen LogP contribution >= 0.6 is 11.6 Å². The molecule has 0 amide bonds. The summed E-state index contributed by atoms with van der Waals surface area (Å²) in [5.74, 6) is 1.67. The SMILES string of the molecule is COc1cc(/C=C\c2ccc(N/C=C\C(=O)c3ccc(Cl)cc3)cc2)cc(OC)c1OC. The first-order chi connectivity index (χ1) is 15.5. The van der Waals surface area contributed by atoms with Gasteiger partial charge in [-0.05, 0) is 59.7 Å². The van der Waals surface area contributed by atoms with Gasteiger partial charge in [-0.2, -0.15) is 0 Å². The maximum absolute atomic E-state index is 12.1. The second-order valence-corrected chi connectivity index (χ2v) is 7.20. The van der Waals surface area contributed by atoms with E-state index in [0.29, 0.717) is 27.8 Å². The zero-order chi connectivity index (χ0) is 22.9. The van der Waals surface area contributed by atoms with Crippen LogP contribution in [0, 0.1) is 0 Å². The monoisotopic (exact) mass is 449 g/mol. The Bertz CT molecular complexity index is 1090. The third kappa shape index (κ3) is 5.93. The molecule has 6 heteroatoms. The fourth-order valence-electron chi connectivity index (χ4n) is 3.00. The maximum Gasteiger partial charge on any atom is 0.203 e. The van der Waals surface area contributed by atoms with Gasteiger partial charge in [-0.25, -0.2) is 0 Å². The van der Waals surface area contributed by atoms with Gasteiger partial charge in [0.05, 0.1) is 21.3 Å². The van der Waals surface area contributed by atoms with Gasteiger partial charge in [0, 0.05) is 28.5 Å². The molecule has 0 aliphatic rings. The molecular weight excluding hydrogens is 426 g/mol. The summed E-state index contributed by atoms with van der Waals surface area (Å²) in [6.07, 6.45) is 7.07. The number of ketones is 1. The number of nitrogens with one attached hydrogen (secondary N) is 1. The van der Waals surface area contributed by atoms with Gasteiger partial charge in [-0.1, -0.05) is 35.9 Å². The first kappa shape index (κ1) is 23.0. The number of hydrogen-bond acceptors (Lipinski definition) is 5. The molecule has 164 valence electrons. The average Bonchev–Trinajstić information content (AvgIpc) is 2.83. The fourth-order valence-corrected chi connectivity index (χ4v) is 3.13. The molecule has 1 N–H and O–H groups in total. The number of benzene rings is 3. The van der Waals surface area contributed by atoms with Crippen molar-refractivity contribution in [1.29, 1.82) is 0 Å². The van der Waals surface area contributed by atoms with Gasteiger partial charge in [0.25, 0.3) is 0 Å². The summed E-state index contributed by atoms with van der Waals surface area (Å²) in [6.45, 7) is 0. The van der Waals surface area contributed by atoms with Gasteiger partial charge in [0.1, 0.15) is 0 Å². The van der Waals surface area contributed by atoms with Crippen molar-refractivity contribution in [2.45, 2.75) is 0 Å². The lowest BCUT2D eigenvalue weighted by Crippen LogP contribution is -1.96. The molecule has 32 heavy (non-hydrogen) atoms. The van der Waals surface area contributed by atoms with E-state index in [1.807, 2.05) is 48.6 Å². The lowest BCUT2D eigenvalue weighted by atomic mass is 10.1. The number of hydrogen-bond donors (Lipinski definition) is 1. The molecule has 0 spiro atoms. The number of halogens is 1. The standard InChI is InChI=1S/C26H24ClNO4/c1-30-24-16-19(17-25(31-2)26(24)32-3)5-4-18-6-12-22(13-7-18)28-15-14-23(29)20-8-10-21(27)11-9-20/h4-17,28H,1-3H3/b5-4-,15-14-. The molecule has 3 rings (SSSR count). The van der Waals surface area contributed by atoms with Gasteiger partial charge in [-0.3, -0.25) is 4.79 Å². The molecule has 5 nitrogen and oxygen atoms in total. The van der Waals surface area contributed by atoms with E-state index in [4.69, 9.17) is 25.8 Å². The zero-order valence-corrected chi connectivity index (χ0v) is 18.8. The van der Waals surface area contributed by atoms with Gasteiger partial charge in [0.15, 0.2) is 17.3 Å². The highest BCUT2D eigenvalue weighted by Gasteiger charge is 2.11. The van der Waals surface area contributed by atoms with Crippen molar-refractivity contribution in [2.24, 2.45) is 0 Å². The molecule has 3 aromatic carbocycles. The predicted molar refractivity (Wildman–Crippen MR) is 130 cm³/mol. The molecule has 0 aromatic heterocycles. The first-order valence-corrected chi connectivity index (χ1v) is 10.2. The third-order valence-electron chi connectivity index (χ3n) is 4.68. The number of allylic oxidation sites excluding steroid dienone is 1. The van der Waals surface area contributed by atoms with E-state index in [1.54, 1.807) is 51.8 Å². The lowest BCUT2D eigenvalue weighted by Gasteiger charge is -2.12. The molecule has 0 radical (unpaired) electrons. The fraction of sp³-hybridized carbons (Fsp3) is 0.115. The molecule has 0 atom stereocenters. The Kier molecular flexibility index (Phi) is 7.95. The normalized spacial score (nSPS) is 11.0. The van der Waals surface area contributed by atoms with Crippen LogP contribution in [-0.2, 0) is 0 Å². The Balaban J connectivity index is 1.64. The number of carbonyl (C=O) groups excluding carboxylic acids is 1. The van der Waals surface area contributed by atoms with Gasteiger partial charge >= 0.3 is 0 Å². The van der Waals surface area contributed by atoms with Crippen LogP contribution in [0.3, 0.4) is 0 Å². The Morgan fingerprint density at radius 2 is 1.41 bits per heavy atom. The number of anilines is 1. The van der Waals surface area contributed by atoms with Crippen molar-refractivity contribution in [3.63, 3.8) is 0 Å². The largest absolute Gasteiger partial charge is 0.493 e. The van der Waals surface area contributed by atoms with E-state index in [9.17, 15) is 4.79 Å². The minimum atomic E-state index is -0.0981. The van der Waals surface area contributed by atoms with Crippen LogP contribution in [0.15, 0.2) is 72.9 Å². The molecule has 0 saturated heterocycles. The number of rotatable bonds is 9. The van der Waals surface area contributed by atoms with Crippen LogP contribution in [-0.4, -0.2) is 27.1 Å². The van der Waals surface area contributed by atoms with Crippen LogP contribution in [0.4, 0.5) is 5.69 Å². The first-order valence-electron chi connectivity index (χ1n) is 9.85. The highest BCUT2D eigenvalue weighted by Crippen LogP contribution is 2.38. The smallest absolute Gasteiger partial charge is 0.203 e. The second kappa shape index (κ2) is 11.1. The van der Waals surface area contributed by atoms with Gasteiger partial charge in [0.2, 0.25) is 5.75 Å². The van der Waals surface area contributed by atoms with Crippen LogP contribution in [0.1, 0.15) is 21.5 Å². The Morgan fingerprint density at radius 1 is 0.812 bits per heavy atom. The summed E-state index contributed by atoms with van der Waals surface area (Å²) in [4.78, 5) is 12.1. The van der Waals surface area contributed by atoms with E-state index < -0.39 is 0 Å². The van der Waals surface area contributed by atoms with Gasteiger partial charge in [-0.15, -0.1) is 0 Å². The molecular formula is C26H24ClNO4. The van der Waals surface area contributed by atoms with Gasteiger partial charge < -0.3 is 19.5 Å². The van der Waals surface area contributed by atoms with Crippen LogP contribution in [0.2, 0.25) is 5.02 Å². The maximum atomic E-state index is 12.1. The number of ether oxygens (including phenoxy) is 3. The number of carbonyl (C=O) groups is 1. The summed E-state index contributed by atoms with van der Waals surface area (Å²) in [6, 6.07) is 18.4. The quantitative estimate of drug-likeness (QED) is 0.234. The average molecular weight is 450 g/mol. The summed E-state index contributed by atoms with van der Waals surface area (Å²) in [7, 11) is 4.76. The Morgan fingerprint density at radius 3 is 1.97 bits per heavy atom. The molecule has 0 unspecified atom stereocenters. The summed E-state index contributed by atoms with van der Waals surface area (Å²) < 4.78 is 16.1. The van der Waals surface area contributed by atoms with Crippen molar-refractivity contribution < 1.29 is 19.0 Å². The number of methoxy groups -OCH3 is 3. The minimum Gasteiger partial charge on any atom is -0.493 e. The Hall–Kier alpha value is -3.70. The molecule has 3 aromatic rings. The molecule has 0 bridgehead atoms. The van der Waals surface area contributed by atoms with Crippen molar-refractivity contribution in [3.05, 3.63) is 94.7 Å². The van der Waals surface area contributed by atoms with Crippen LogP contribution in [0.5, 0.6) is 17.2 Å². The molecule has 0 fully saturated rings. The highest BCUT2D eigenvalue weighted by atomic mass is 35.5. The summed E-state index contributed by atoms with van der Waals surface area (Å²) in [5, 5.41) is 3.70. The zero-order valence-electron chi connectivity index (χ0n) is 18.1. The van der Waals surface area contributed by atoms with Crippen molar-refractivity contribution in [3.8, 4) is 17.2 Å².